The van der Waals surface area contributed by atoms with Crippen LogP contribution in [0.3, 0.4) is 0 Å². The van der Waals surface area contributed by atoms with Crippen molar-refractivity contribution in [1.29, 1.82) is 0 Å². The molecule has 0 aliphatic carbocycles. The third kappa shape index (κ3) is 3.02. The Hall–Kier alpha value is -2.10. The van der Waals surface area contributed by atoms with Gasteiger partial charge in [0.1, 0.15) is 6.54 Å². The summed E-state index contributed by atoms with van der Waals surface area (Å²) in [6, 6.07) is 7.45. The summed E-state index contributed by atoms with van der Waals surface area (Å²) in [7, 11) is 0. The molecule has 2 aromatic rings. The molecule has 1 aromatic heterocycles. The highest BCUT2D eigenvalue weighted by Gasteiger charge is 2.09. The van der Waals surface area contributed by atoms with E-state index in [2.05, 4.69) is 19.2 Å². The summed E-state index contributed by atoms with van der Waals surface area (Å²) in [6.07, 6.45) is 2.66. The molecule has 0 bridgehead atoms. The van der Waals surface area contributed by atoms with Crippen LogP contribution < -0.4 is 5.32 Å². The van der Waals surface area contributed by atoms with Gasteiger partial charge < -0.3 is 9.88 Å². The number of benzene rings is 1. The van der Waals surface area contributed by atoms with Gasteiger partial charge in [0.2, 0.25) is 5.91 Å². The largest absolute Gasteiger partial charge is 0.354 e. The molecule has 0 atom stereocenters. The average Bonchev–Trinajstić information content (AvgIpc) is 2.79. The first-order chi connectivity index (χ1) is 9.11. The number of carbonyl (C=O) groups excluding carboxylic acids is 2. The number of rotatable bonds is 5. The van der Waals surface area contributed by atoms with Crippen LogP contribution >= 0.6 is 0 Å². The fourth-order valence-corrected chi connectivity index (χ4v) is 2.05. The van der Waals surface area contributed by atoms with Crippen molar-refractivity contribution in [2.75, 3.05) is 6.54 Å². The maximum atomic E-state index is 11.8. The molecule has 4 nitrogen and oxygen atoms in total. The maximum absolute atomic E-state index is 11.8. The molecule has 0 saturated heterocycles. The Labute approximate surface area is 112 Å². The summed E-state index contributed by atoms with van der Waals surface area (Å²) in [5.41, 5.74) is 1.43. The number of para-hydroxylation sites is 1. The number of hydrogen-bond acceptors (Lipinski definition) is 2. The second kappa shape index (κ2) is 5.69. The van der Waals surface area contributed by atoms with Crippen LogP contribution in [0.15, 0.2) is 30.5 Å². The lowest BCUT2D eigenvalue weighted by molar-refractivity contribution is -0.121. The van der Waals surface area contributed by atoms with E-state index in [1.807, 2.05) is 29.0 Å². The SMILES string of the molecule is CC(C)CNC(=O)Cn1ccc2cccc(C=O)c21. The van der Waals surface area contributed by atoms with Crippen molar-refractivity contribution in [3.8, 4) is 0 Å². The first kappa shape index (κ1) is 13.3. The molecule has 19 heavy (non-hydrogen) atoms. The number of hydrogen-bond donors (Lipinski definition) is 1. The maximum Gasteiger partial charge on any atom is 0.239 e. The van der Waals surface area contributed by atoms with Gasteiger partial charge in [-0.2, -0.15) is 0 Å². The van der Waals surface area contributed by atoms with E-state index >= 15 is 0 Å². The monoisotopic (exact) mass is 258 g/mol. The summed E-state index contributed by atoms with van der Waals surface area (Å²) in [6.45, 7) is 5.01. The lowest BCUT2D eigenvalue weighted by atomic mass is 10.1. The van der Waals surface area contributed by atoms with Crippen molar-refractivity contribution in [1.82, 2.24) is 9.88 Å². The lowest BCUT2D eigenvalue weighted by Crippen LogP contribution is -2.30. The Morgan fingerprint density at radius 3 is 2.84 bits per heavy atom. The third-order valence-electron chi connectivity index (χ3n) is 2.97. The lowest BCUT2D eigenvalue weighted by Gasteiger charge is -2.10. The normalized spacial score (nSPS) is 10.9. The smallest absolute Gasteiger partial charge is 0.239 e. The molecule has 0 saturated carbocycles. The first-order valence-corrected chi connectivity index (χ1v) is 6.41. The molecule has 4 heteroatoms. The fourth-order valence-electron chi connectivity index (χ4n) is 2.05. The van der Waals surface area contributed by atoms with Crippen LogP contribution in [-0.4, -0.2) is 23.3 Å². The van der Waals surface area contributed by atoms with Gasteiger partial charge in [0.25, 0.3) is 0 Å². The minimum absolute atomic E-state index is 0.0353. The van der Waals surface area contributed by atoms with Crippen molar-refractivity contribution >= 4 is 23.1 Å². The Balaban J connectivity index is 2.21. The first-order valence-electron chi connectivity index (χ1n) is 6.41. The van der Waals surface area contributed by atoms with Crippen molar-refractivity contribution in [3.63, 3.8) is 0 Å². The van der Waals surface area contributed by atoms with Gasteiger partial charge in [0.15, 0.2) is 6.29 Å². The molecule has 1 N–H and O–H groups in total. The number of aromatic nitrogens is 1. The van der Waals surface area contributed by atoms with Gasteiger partial charge in [-0.1, -0.05) is 26.0 Å². The number of nitrogens with zero attached hydrogens (tertiary/aromatic N) is 1. The minimum Gasteiger partial charge on any atom is -0.354 e. The van der Waals surface area contributed by atoms with Gasteiger partial charge in [-0.25, -0.2) is 0 Å². The molecule has 0 radical (unpaired) electrons. The van der Waals surface area contributed by atoms with Crippen molar-refractivity contribution < 1.29 is 9.59 Å². The molecule has 1 aromatic carbocycles. The molecule has 0 spiro atoms. The molecule has 1 heterocycles. The predicted molar refractivity (Wildman–Crippen MR) is 75.2 cm³/mol. The van der Waals surface area contributed by atoms with Gasteiger partial charge in [-0.05, 0) is 18.1 Å². The van der Waals surface area contributed by atoms with Gasteiger partial charge in [-0.3, -0.25) is 9.59 Å². The quantitative estimate of drug-likeness (QED) is 0.836. The second-order valence-corrected chi connectivity index (χ2v) is 5.04. The number of fused-ring (bicyclic) bond motifs is 1. The highest BCUT2D eigenvalue weighted by atomic mass is 16.2. The number of nitrogens with one attached hydrogen (secondary N) is 1. The van der Waals surface area contributed by atoms with Crippen LogP contribution in [0.2, 0.25) is 0 Å². The Morgan fingerprint density at radius 2 is 2.16 bits per heavy atom. The number of amides is 1. The van der Waals surface area contributed by atoms with Crippen LogP contribution in [0.4, 0.5) is 0 Å². The van der Waals surface area contributed by atoms with Gasteiger partial charge in [0.05, 0.1) is 5.52 Å². The molecule has 1 amide bonds. The average molecular weight is 258 g/mol. The Kier molecular flexibility index (Phi) is 4.00. The van der Waals surface area contributed by atoms with E-state index in [4.69, 9.17) is 0 Å². The second-order valence-electron chi connectivity index (χ2n) is 5.04. The fraction of sp³-hybridized carbons (Fsp3) is 0.333. The molecule has 0 aliphatic heterocycles. The zero-order valence-electron chi connectivity index (χ0n) is 11.2. The summed E-state index contributed by atoms with van der Waals surface area (Å²) in [5, 5.41) is 3.85. The van der Waals surface area contributed by atoms with E-state index in [1.165, 1.54) is 0 Å². The van der Waals surface area contributed by atoms with E-state index in [1.54, 1.807) is 6.07 Å². The van der Waals surface area contributed by atoms with Gasteiger partial charge >= 0.3 is 0 Å². The topological polar surface area (TPSA) is 51.1 Å². The molecular weight excluding hydrogens is 240 g/mol. The molecule has 0 aliphatic rings. The molecule has 0 unspecified atom stereocenters. The molecular formula is C15H18N2O2. The van der Waals surface area contributed by atoms with Crippen LogP contribution in [0.1, 0.15) is 24.2 Å². The van der Waals surface area contributed by atoms with E-state index in [0.29, 0.717) is 18.0 Å². The van der Waals surface area contributed by atoms with E-state index < -0.39 is 0 Å². The number of aldehydes is 1. The van der Waals surface area contributed by atoms with E-state index in [-0.39, 0.29) is 12.5 Å². The van der Waals surface area contributed by atoms with Crippen LogP contribution in [0.25, 0.3) is 10.9 Å². The van der Waals surface area contributed by atoms with Crippen molar-refractivity contribution in [2.24, 2.45) is 5.92 Å². The van der Waals surface area contributed by atoms with Crippen molar-refractivity contribution in [2.45, 2.75) is 20.4 Å². The minimum atomic E-state index is -0.0353. The zero-order valence-corrected chi connectivity index (χ0v) is 11.2. The summed E-state index contributed by atoms with van der Waals surface area (Å²) in [5.74, 6) is 0.391. The standard InChI is InChI=1S/C15H18N2O2/c1-11(2)8-16-14(19)9-17-7-6-12-4-3-5-13(10-18)15(12)17/h3-7,10-11H,8-9H2,1-2H3,(H,16,19). The van der Waals surface area contributed by atoms with E-state index in [0.717, 1.165) is 17.2 Å². The number of carbonyl (C=O) groups is 2. The van der Waals surface area contributed by atoms with Crippen LogP contribution in [0.5, 0.6) is 0 Å². The highest BCUT2D eigenvalue weighted by molar-refractivity contribution is 5.97. The van der Waals surface area contributed by atoms with Crippen LogP contribution in [-0.2, 0) is 11.3 Å². The predicted octanol–water partition coefficient (Wildman–Crippen LogP) is 2.23. The molecule has 100 valence electrons. The summed E-state index contributed by atoms with van der Waals surface area (Å²) in [4.78, 5) is 22.9. The summed E-state index contributed by atoms with van der Waals surface area (Å²) < 4.78 is 1.81. The van der Waals surface area contributed by atoms with E-state index in [9.17, 15) is 9.59 Å². The van der Waals surface area contributed by atoms with Gasteiger partial charge in [0, 0.05) is 23.7 Å². The molecule has 0 fully saturated rings. The Morgan fingerprint density at radius 1 is 1.37 bits per heavy atom. The van der Waals surface area contributed by atoms with Crippen molar-refractivity contribution in [3.05, 3.63) is 36.0 Å². The van der Waals surface area contributed by atoms with Gasteiger partial charge in [-0.15, -0.1) is 0 Å². The molecule has 2 rings (SSSR count). The third-order valence-corrected chi connectivity index (χ3v) is 2.97. The Bertz CT molecular complexity index is 599. The highest BCUT2D eigenvalue weighted by Crippen LogP contribution is 2.18. The summed E-state index contributed by atoms with van der Waals surface area (Å²) >= 11 is 0. The zero-order chi connectivity index (χ0) is 13.8. The van der Waals surface area contributed by atoms with Crippen LogP contribution in [0, 0.1) is 5.92 Å².